The Kier molecular flexibility index (Phi) is 4.93. The van der Waals surface area contributed by atoms with Crippen molar-refractivity contribution in [2.75, 3.05) is 5.73 Å². The number of nitrogens with two attached hydrogens (primary N) is 1. The quantitative estimate of drug-likeness (QED) is 0.817. The average molecular weight is 282 g/mol. The first-order chi connectivity index (χ1) is 9.59. The number of anilines is 1. The van der Waals surface area contributed by atoms with E-state index in [9.17, 15) is 13.6 Å². The summed E-state index contributed by atoms with van der Waals surface area (Å²) in [5, 5.41) is 2.74. The van der Waals surface area contributed by atoms with Gasteiger partial charge >= 0.3 is 0 Å². The molecule has 0 atom stereocenters. The zero-order valence-electron chi connectivity index (χ0n) is 11.4. The number of carbonyl (C=O) groups excluding carboxylic acids is 1. The summed E-state index contributed by atoms with van der Waals surface area (Å²) >= 11 is 0. The number of benzene rings is 1. The van der Waals surface area contributed by atoms with Gasteiger partial charge in [0.05, 0.1) is 5.69 Å². The Labute approximate surface area is 117 Å². The summed E-state index contributed by atoms with van der Waals surface area (Å²) < 4.78 is 27.4. The van der Waals surface area contributed by atoms with Crippen molar-refractivity contribution in [2.24, 2.45) is 0 Å². The fourth-order valence-electron chi connectivity index (χ4n) is 2.63. The van der Waals surface area contributed by atoms with Gasteiger partial charge < -0.3 is 11.1 Å². The van der Waals surface area contributed by atoms with Gasteiger partial charge in [0.15, 0.2) is 5.82 Å². The van der Waals surface area contributed by atoms with E-state index in [2.05, 4.69) is 5.32 Å². The van der Waals surface area contributed by atoms with Crippen molar-refractivity contribution in [3.8, 4) is 0 Å². The summed E-state index contributed by atoms with van der Waals surface area (Å²) in [5.41, 5.74) is 4.59. The lowest BCUT2D eigenvalue weighted by atomic mass is 9.96. The van der Waals surface area contributed by atoms with Gasteiger partial charge in [-0.15, -0.1) is 0 Å². The van der Waals surface area contributed by atoms with Gasteiger partial charge in [0, 0.05) is 6.04 Å². The summed E-state index contributed by atoms with van der Waals surface area (Å²) in [6.07, 6.45) is 7.30. The lowest BCUT2D eigenvalue weighted by Gasteiger charge is -2.21. The van der Waals surface area contributed by atoms with E-state index in [0.29, 0.717) is 0 Å². The van der Waals surface area contributed by atoms with Gasteiger partial charge in [-0.05, 0) is 25.0 Å². The number of halogens is 2. The van der Waals surface area contributed by atoms with Gasteiger partial charge in [-0.3, -0.25) is 4.79 Å². The minimum absolute atomic E-state index is 0.0111. The second-order valence-electron chi connectivity index (χ2n) is 5.34. The minimum atomic E-state index is -0.978. The van der Waals surface area contributed by atoms with Crippen molar-refractivity contribution in [1.82, 2.24) is 5.32 Å². The molecule has 0 heterocycles. The molecule has 1 aromatic rings. The maximum atomic E-state index is 13.8. The summed E-state index contributed by atoms with van der Waals surface area (Å²) in [6.45, 7) is 0. The predicted octanol–water partition coefficient (Wildman–Crippen LogP) is 3.39. The Balaban J connectivity index is 2.09. The van der Waals surface area contributed by atoms with E-state index in [1.54, 1.807) is 0 Å². The zero-order chi connectivity index (χ0) is 14.5. The number of hydrogen-bond donors (Lipinski definition) is 2. The van der Waals surface area contributed by atoms with Gasteiger partial charge in [0.1, 0.15) is 11.4 Å². The highest BCUT2D eigenvalue weighted by Crippen LogP contribution is 2.21. The third kappa shape index (κ3) is 3.46. The van der Waals surface area contributed by atoms with Crippen LogP contribution in [0, 0.1) is 11.6 Å². The van der Waals surface area contributed by atoms with E-state index in [0.717, 1.165) is 50.7 Å². The fraction of sp³-hybridized carbons (Fsp3) is 0.533. The second kappa shape index (κ2) is 6.68. The van der Waals surface area contributed by atoms with E-state index in [-0.39, 0.29) is 11.7 Å². The first kappa shape index (κ1) is 14.8. The predicted molar refractivity (Wildman–Crippen MR) is 74.3 cm³/mol. The first-order valence-electron chi connectivity index (χ1n) is 7.14. The van der Waals surface area contributed by atoms with E-state index in [4.69, 9.17) is 5.73 Å². The van der Waals surface area contributed by atoms with Crippen LogP contribution in [0.25, 0.3) is 0 Å². The first-order valence-corrected chi connectivity index (χ1v) is 7.14. The van der Waals surface area contributed by atoms with Gasteiger partial charge in [-0.1, -0.05) is 32.1 Å². The van der Waals surface area contributed by atoms with Crippen LogP contribution in [0.15, 0.2) is 12.1 Å². The van der Waals surface area contributed by atoms with Crippen molar-refractivity contribution >= 4 is 11.6 Å². The number of rotatable bonds is 2. The summed E-state index contributed by atoms with van der Waals surface area (Å²) in [4.78, 5) is 12.1. The van der Waals surface area contributed by atoms with Crippen LogP contribution in [0.2, 0.25) is 0 Å². The van der Waals surface area contributed by atoms with Crippen LogP contribution in [0.5, 0.6) is 0 Å². The normalized spacial score (nSPS) is 17.3. The van der Waals surface area contributed by atoms with Gasteiger partial charge in [-0.2, -0.15) is 0 Å². The molecule has 0 aliphatic heterocycles. The Morgan fingerprint density at radius 1 is 1.10 bits per heavy atom. The fourth-order valence-corrected chi connectivity index (χ4v) is 2.63. The third-order valence-corrected chi connectivity index (χ3v) is 3.79. The van der Waals surface area contributed by atoms with Crippen LogP contribution in [0.4, 0.5) is 14.5 Å². The molecular weight excluding hydrogens is 262 g/mol. The van der Waals surface area contributed by atoms with E-state index in [1.807, 2.05) is 0 Å². The molecule has 20 heavy (non-hydrogen) atoms. The second-order valence-corrected chi connectivity index (χ2v) is 5.34. The standard InChI is InChI=1S/C15H20F2N2O/c16-11-8-9-12(18)14(17)13(11)15(20)19-10-6-4-2-1-3-5-7-10/h8-10H,1-7,18H2,(H,19,20). The highest BCUT2D eigenvalue weighted by molar-refractivity contribution is 5.95. The lowest BCUT2D eigenvalue weighted by molar-refractivity contribution is 0.0922. The molecular formula is C15H20F2N2O. The molecule has 1 fully saturated rings. The summed E-state index contributed by atoms with van der Waals surface area (Å²) in [7, 11) is 0. The Morgan fingerprint density at radius 3 is 2.35 bits per heavy atom. The number of hydrogen-bond acceptors (Lipinski definition) is 2. The highest BCUT2D eigenvalue weighted by Gasteiger charge is 2.22. The molecule has 0 radical (unpaired) electrons. The summed E-state index contributed by atoms with van der Waals surface area (Å²) in [6, 6.07) is 2.13. The average Bonchev–Trinajstić information content (AvgIpc) is 2.37. The van der Waals surface area contributed by atoms with Crippen LogP contribution >= 0.6 is 0 Å². The van der Waals surface area contributed by atoms with Crippen molar-refractivity contribution in [3.63, 3.8) is 0 Å². The van der Waals surface area contributed by atoms with Gasteiger partial charge in [-0.25, -0.2) is 8.78 Å². The molecule has 0 unspecified atom stereocenters. The molecule has 3 N–H and O–H groups in total. The molecule has 3 nitrogen and oxygen atoms in total. The van der Waals surface area contributed by atoms with Crippen molar-refractivity contribution < 1.29 is 13.6 Å². The topological polar surface area (TPSA) is 55.1 Å². The monoisotopic (exact) mass is 282 g/mol. The van der Waals surface area contributed by atoms with Crippen LogP contribution in [-0.4, -0.2) is 11.9 Å². The molecule has 0 spiro atoms. The van der Waals surface area contributed by atoms with E-state index in [1.165, 1.54) is 6.42 Å². The molecule has 110 valence electrons. The molecule has 2 rings (SSSR count). The van der Waals surface area contributed by atoms with Crippen LogP contribution < -0.4 is 11.1 Å². The summed E-state index contributed by atoms with van der Waals surface area (Å²) in [5.74, 6) is -2.56. The number of nitrogens with one attached hydrogen (secondary N) is 1. The Hall–Kier alpha value is -1.65. The minimum Gasteiger partial charge on any atom is -0.396 e. The molecule has 5 heteroatoms. The molecule has 1 saturated carbocycles. The SMILES string of the molecule is Nc1ccc(F)c(C(=O)NC2CCCCCCC2)c1F. The maximum Gasteiger partial charge on any atom is 0.257 e. The maximum absolute atomic E-state index is 13.8. The van der Waals surface area contributed by atoms with Gasteiger partial charge in [0.25, 0.3) is 5.91 Å². The molecule has 0 saturated heterocycles. The number of nitrogen functional groups attached to an aromatic ring is 1. The third-order valence-electron chi connectivity index (χ3n) is 3.79. The molecule has 1 amide bonds. The van der Waals surface area contributed by atoms with Crippen LogP contribution in [0.3, 0.4) is 0 Å². The molecule has 1 aliphatic carbocycles. The van der Waals surface area contributed by atoms with Gasteiger partial charge in [0.2, 0.25) is 0 Å². The highest BCUT2D eigenvalue weighted by atomic mass is 19.1. The molecule has 0 aromatic heterocycles. The van der Waals surface area contributed by atoms with Crippen LogP contribution in [-0.2, 0) is 0 Å². The van der Waals surface area contributed by atoms with E-state index >= 15 is 0 Å². The number of carbonyl (C=O) groups is 1. The van der Waals surface area contributed by atoms with Crippen molar-refractivity contribution in [3.05, 3.63) is 29.3 Å². The lowest BCUT2D eigenvalue weighted by Crippen LogP contribution is -2.36. The molecule has 1 aromatic carbocycles. The smallest absolute Gasteiger partial charge is 0.257 e. The molecule has 0 bridgehead atoms. The molecule has 1 aliphatic rings. The Morgan fingerprint density at radius 2 is 1.70 bits per heavy atom. The van der Waals surface area contributed by atoms with Crippen molar-refractivity contribution in [2.45, 2.75) is 51.0 Å². The van der Waals surface area contributed by atoms with Crippen LogP contribution in [0.1, 0.15) is 55.3 Å². The van der Waals surface area contributed by atoms with E-state index < -0.39 is 23.1 Å². The zero-order valence-corrected chi connectivity index (χ0v) is 11.4. The Bertz CT molecular complexity index is 483. The number of amides is 1. The largest absolute Gasteiger partial charge is 0.396 e. The van der Waals surface area contributed by atoms with Crippen molar-refractivity contribution in [1.29, 1.82) is 0 Å².